The van der Waals surface area contributed by atoms with E-state index in [2.05, 4.69) is 115 Å². The minimum atomic E-state index is -2.10. The van der Waals surface area contributed by atoms with E-state index < -0.39 is 8.07 Å². The van der Waals surface area contributed by atoms with Crippen LogP contribution in [0.5, 0.6) is 5.75 Å². The lowest BCUT2D eigenvalue weighted by molar-refractivity contribution is 0.331. The van der Waals surface area contributed by atoms with Gasteiger partial charge < -0.3 is 10.1 Å². The third kappa shape index (κ3) is 4.39. The Morgan fingerprint density at radius 1 is 0.871 bits per heavy atom. The van der Waals surface area contributed by atoms with Crippen LogP contribution in [0.2, 0.25) is 11.1 Å². The second kappa shape index (κ2) is 9.31. The molecule has 3 aromatic carbocycles. The van der Waals surface area contributed by atoms with Crippen LogP contribution in [0.4, 0.5) is 0 Å². The number of nitrogens with one attached hydrogen (secondary N) is 1. The van der Waals surface area contributed by atoms with E-state index in [9.17, 15) is 0 Å². The van der Waals surface area contributed by atoms with Gasteiger partial charge in [-0.05, 0) is 41.7 Å². The van der Waals surface area contributed by atoms with E-state index in [1.165, 1.54) is 26.0 Å². The molecule has 2 nitrogen and oxygen atoms in total. The average molecular weight is 495 g/mol. The molecule has 0 fully saturated rings. The largest absolute Gasteiger partial charge is 0.494 e. The third-order valence-corrected chi connectivity index (χ3v) is 13.6. The van der Waals surface area contributed by atoms with Gasteiger partial charge in [0.25, 0.3) is 0 Å². The molecule has 0 saturated carbocycles. The molecule has 0 aliphatic carbocycles. The van der Waals surface area contributed by atoms with Crippen molar-refractivity contribution >= 4 is 34.4 Å². The fourth-order valence-corrected chi connectivity index (χ4v) is 11.0. The molecule has 0 bridgehead atoms. The lowest BCUT2D eigenvalue weighted by Crippen LogP contribution is -2.64. The molecule has 0 unspecified atom stereocenters. The Labute approximate surface area is 196 Å². The summed E-state index contributed by atoms with van der Waals surface area (Å²) in [5.41, 5.74) is 2.70. The molecule has 4 heteroatoms. The van der Waals surface area contributed by atoms with E-state index in [1.54, 1.807) is 0 Å². The van der Waals surface area contributed by atoms with Gasteiger partial charge in [0.15, 0.2) is 0 Å². The zero-order chi connectivity index (χ0) is 21.9. The van der Waals surface area contributed by atoms with E-state index in [0.29, 0.717) is 0 Å². The number of ether oxygens (including phenoxy) is 1. The summed E-state index contributed by atoms with van der Waals surface area (Å²) in [7, 11) is -2.10. The fraction of sp³-hybridized carbons (Fsp3) is 0.333. The maximum absolute atomic E-state index is 6.54. The second-order valence-electron chi connectivity index (χ2n) is 9.42. The van der Waals surface area contributed by atoms with Gasteiger partial charge in [0, 0.05) is 16.6 Å². The maximum atomic E-state index is 6.54. The van der Waals surface area contributed by atoms with Crippen molar-refractivity contribution in [1.82, 2.24) is 5.32 Å². The molecule has 0 radical (unpaired) electrons. The summed E-state index contributed by atoms with van der Waals surface area (Å²) in [5, 5.41) is 6.60. The van der Waals surface area contributed by atoms with Crippen molar-refractivity contribution in [2.45, 2.75) is 44.8 Å². The van der Waals surface area contributed by atoms with Gasteiger partial charge in [-0.1, -0.05) is 108 Å². The number of rotatable bonds is 6. The van der Waals surface area contributed by atoms with Crippen molar-refractivity contribution in [2.24, 2.45) is 0 Å². The Morgan fingerprint density at radius 2 is 1.48 bits per heavy atom. The van der Waals surface area contributed by atoms with Crippen LogP contribution < -0.4 is 20.4 Å². The summed E-state index contributed by atoms with van der Waals surface area (Å²) in [6, 6.07) is 27.6. The van der Waals surface area contributed by atoms with Gasteiger partial charge in [0.2, 0.25) is 0 Å². The normalized spacial score (nSPS) is 14.2. The van der Waals surface area contributed by atoms with Gasteiger partial charge in [-0.15, -0.1) is 0 Å². The van der Waals surface area contributed by atoms with Crippen LogP contribution in [0.25, 0.3) is 0 Å². The molecule has 0 aromatic heterocycles. The van der Waals surface area contributed by atoms with Crippen molar-refractivity contribution in [3.05, 3.63) is 88.4 Å². The fourth-order valence-electron chi connectivity index (χ4n) is 5.13. The topological polar surface area (TPSA) is 21.3 Å². The van der Waals surface area contributed by atoms with Gasteiger partial charge in [0.05, 0.1) is 6.61 Å². The number of fused-ring (bicyclic) bond motifs is 1. The van der Waals surface area contributed by atoms with E-state index >= 15 is 0 Å². The zero-order valence-corrected chi connectivity index (χ0v) is 21.3. The quantitative estimate of drug-likeness (QED) is 0.455. The van der Waals surface area contributed by atoms with E-state index in [-0.39, 0.29) is 5.04 Å². The second-order valence-corrected chi connectivity index (χ2v) is 15.2. The van der Waals surface area contributed by atoms with Crippen molar-refractivity contribution in [1.29, 1.82) is 0 Å². The molecule has 1 heterocycles. The van der Waals surface area contributed by atoms with Crippen molar-refractivity contribution in [2.75, 3.05) is 13.2 Å². The number of hydrogen-bond acceptors (Lipinski definition) is 2. The van der Waals surface area contributed by atoms with Crippen LogP contribution >= 0.6 is 15.9 Å². The first kappa shape index (κ1) is 22.3. The van der Waals surface area contributed by atoms with Gasteiger partial charge >= 0.3 is 0 Å². The first-order valence-electron chi connectivity index (χ1n) is 11.2. The Bertz CT molecular complexity index is 975. The summed E-state index contributed by atoms with van der Waals surface area (Å²) in [6.45, 7) is 9.87. The summed E-state index contributed by atoms with van der Waals surface area (Å²) in [6.07, 6.45) is 1.02. The SMILES string of the molecule is CC(C)(C)[Si](CCOc1ccc(Br)c2c1CCNC2)(c1ccccc1)c1ccccc1. The molecule has 0 amide bonds. The van der Waals surface area contributed by atoms with Crippen molar-refractivity contribution < 1.29 is 4.74 Å². The first-order chi connectivity index (χ1) is 14.9. The summed E-state index contributed by atoms with van der Waals surface area (Å²) in [4.78, 5) is 0. The number of halogens is 1. The highest BCUT2D eigenvalue weighted by Gasteiger charge is 2.47. The summed E-state index contributed by atoms with van der Waals surface area (Å²) in [5.74, 6) is 1.05. The van der Waals surface area contributed by atoms with Crippen LogP contribution in [0.3, 0.4) is 0 Å². The van der Waals surface area contributed by atoms with Crippen LogP contribution in [-0.4, -0.2) is 21.2 Å². The van der Waals surface area contributed by atoms with Crippen LogP contribution in [0, 0.1) is 0 Å². The Kier molecular flexibility index (Phi) is 6.70. The van der Waals surface area contributed by atoms with Gasteiger partial charge in [-0.3, -0.25) is 0 Å². The monoisotopic (exact) mass is 493 g/mol. The predicted octanol–water partition coefficient (Wildman–Crippen LogP) is 5.54. The number of hydrogen-bond donors (Lipinski definition) is 1. The minimum Gasteiger partial charge on any atom is -0.494 e. The molecular formula is C27H32BrNOSi. The number of benzene rings is 3. The first-order valence-corrected chi connectivity index (χ1v) is 14.2. The molecule has 3 aromatic rings. The van der Waals surface area contributed by atoms with Crippen molar-refractivity contribution in [3.63, 3.8) is 0 Å². The van der Waals surface area contributed by atoms with Gasteiger partial charge in [0.1, 0.15) is 13.8 Å². The van der Waals surface area contributed by atoms with Crippen LogP contribution in [-0.2, 0) is 13.0 Å². The lowest BCUT2D eigenvalue weighted by atomic mass is 10.0. The molecule has 0 saturated heterocycles. The molecular weight excluding hydrogens is 462 g/mol. The molecule has 1 aliphatic heterocycles. The molecule has 4 rings (SSSR count). The third-order valence-electron chi connectivity index (χ3n) is 6.73. The molecule has 0 atom stereocenters. The standard InChI is InChI=1S/C27H32BrNOSi/c1-27(2,3)31(21-10-6-4-7-11-21,22-12-8-5-9-13-22)19-18-30-26-15-14-25(28)24-20-29-17-16-23(24)26/h4-15,29H,16-20H2,1-3H3. The summed E-state index contributed by atoms with van der Waals surface area (Å²) < 4.78 is 7.71. The molecule has 1 N–H and O–H groups in total. The lowest BCUT2D eigenvalue weighted by Gasteiger charge is -2.44. The predicted molar refractivity (Wildman–Crippen MR) is 137 cm³/mol. The zero-order valence-electron chi connectivity index (χ0n) is 18.7. The van der Waals surface area contributed by atoms with Gasteiger partial charge in [-0.2, -0.15) is 0 Å². The molecule has 1 aliphatic rings. The van der Waals surface area contributed by atoms with Gasteiger partial charge in [-0.25, -0.2) is 0 Å². The highest BCUT2D eigenvalue weighted by molar-refractivity contribution is 9.10. The van der Waals surface area contributed by atoms with E-state index in [1.807, 2.05) is 0 Å². The Morgan fingerprint density at radius 3 is 2.06 bits per heavy atom. The smallest absolute Gasteiger partial charge is 0.126 e. The Balaban J connectivity index is 1.68. The maximum Gasteiger partial charge on any atom is 0.126 e. The van der Waals surface area contributed by atoms with E-state index in [0.717, 1.165) is 37.9 Å². The Hall–Kier alpha value is -1.88. The van der Waals surface area contributed by atoms with E-state index in [4.69, 9.17) is 4.74 Å². The van der Waals surface area contributed by atoms with Crippen LogP contribution in [0.1, 0.15) is 31.9 Å². The molecule has 162 valence electrons. The molecule has 0 spiro atoms. The molecule has 31 heavy (non-hydrogen) atoms. The van der Waals surface area contributed by atoms with Crippen molar-refractivity contribution in [3.8, 4) is 5.75 Å². The summed E-state index contributed by atoms with van der Waals surface area (Å²) >= 11 is 3.71. The highest BCUT2D eigenvalue weighted by atomic mass is 79.9. The minimum absolute atomic E-state index is 0.155. The average Bonchev–Trinajstić information content (AvgIpc) is 2.79. The van der Waals surface area contributed by atoms with Crippen LogP contribution in [0.15, 0.2) is 77.3 Å². The highest BCUT2D eigenvalue weighted by Crippen LogP contribution is 2.39.